The van der Waals surface area contributed by atoms with Crippen molar-refractivity contribution >= 4 is 28.7 Å². The molecule has 2 aromatic rings. The van der Waals surface area contributed by atoms with E-state index in [0.29, 0.717) is 9.90 Å². The van der Waals surface area contributed by atoms with Gasteiger partial charge in [0.05, 0.1) is 9.90 Å². The minimum absolute atomic E-state index is 0.0904. The van der Waals surface area contributed by atoms with E-state index in [1.54, 1.807) is 6.07 Å². The van der Waals surface area contributed by atoms with Crippen LogP contribution in [0.15, 0.2) is 41.8 Å². The van der Waals surface area contributed by atoms with Crippen LogP contribution in [0.4, 0.5) is 0 Å². The van der Waals surface area contributed by atoms with Gasteiger partial charge >= 0.3 is 0 Å². The van der Waals surface area contributed by atoms with Crippen molar-refractivity contribution < 1.29 is 4.79 Å². The van der Waals surface area contributed by atoms with Crippen LogP contribution in [0, 0.1) is 0 Å². The molecule has 0 aliphatic rings. The standard InChI is InChI=1S/C14H13ClOS/c1-2-11(10-6-4-3-5-7-10)13(16)14-12(15)8-9-17-14/h3-9,11H,2H2,1H3. The molecule has 0 radical (unpaired) electrons. The van der Waals surface area contributed by atoms with Gasteiger partial charge in [-0.25, -0.2) is 0 Å². The summed E-state index contributed by atoms with van der Waals surface area (Å²) in [6.45, 7) is 2.02. The lowest BCUT2D eigenvalue weighted by Gasteiger charge is -2.13. The van der Waals surface area contributed by atoms with Gasteiger partial charge in [0.15, 0.2) is 5.78 Å². The highest BCUT2D eigenvalue weighted by molar-refractivity contribution is 7.12. The van der Waals surface area contributed by atoms with Crippen LogP contribution in [0.5, 0.6) is 0 Å². The maximum Gasteiger partial charge on any atom is 0.181 e. The predicted molar refractivity (Wildman–Crippen MR) is 73.1 cm³/mol. The summed E-state index contributed by atoms with van der Waals surface area (Å²) in [6.07, 6.45) is 0.789. The first kappa shape index (κ1) is 12.3. The molecule has 3 heteroatoms. The van der Waals surface area contributed by atoms with E-state index in [1.165, 1.54) is 11.3 Å². The Kier molecular flexibility index (Phi) is 3.97. The Hall–Kier alpha value is -1.12. The molecule has 0 fully saturated rings. The molecule has 1 aromatic carbocycles. The lowest BCUT2D eigenvalue weighted by Crippen LogP contribution is -2.11. The second kappa shape index (κ2) is 5.48. The smallest absolute Gasteiger partial charge is 0.181 e. The molecular formula is C14H13ClOS. The minimum atomic E-state index is -0.0904. The number of benzene rings is 1. The molecule has 17 heavy (non-hydrogen) atoms. The van der Waals surface area contributed by atoms with E-state index in [9.17, 15) is 4.79 Å². The van der Waals surface area contributed by atoms with Crippen molar-refractivity contribution in [1.29, 1.82) is 0 Å². The Morgan fingerprint density at radius 1 is 1.29 bits per heavy atom. The first-order valence-electron chi connectivity index (χ1n) is 5.56. The monoisotopic (exact) mass is 264 g/mol. The van der Waals surface area contributed by atoms with Crippen molar-refractivity contribution in [2.45, 2.75) is 19.3 Å². The number of carbonyl (C=O) groups is 1. The first-order chi connectivity index (χ1) is 8.24. The molecule has 0 aliphatic heterocycles. The topological polar surface area (TPSA) is 17.1 Å². The van der Waals surface area contributed by atoms with Crippen molar-refractivity contribution in [3.05, 3.63) is 57.2 Å². The molecule has 1 unspecified atom stereocenters. The fraction of sp³-hybridized carbons (Fsp3) is 0.214. The maximum absolute atomic E-state index is 12.4. The molecule has 0 amide bonds. The highest BCUT2D eigenvalue weighted by atomic mass is 35.5. The van der Waals surface area contributed by atoms with Crippen LogP contribution in [-0.4, -0.2) is 5.78 Å². The van der Waals surface area contributed by atoms with E-state index in [4.69, 9.17) is 11.6 Å². The van der Waals surface area contributed by atoms with Gasteiger partial charge in [-0.05, 0) is 23.4 Å². The Morgan fingerprint density at radius 2 is 2.00 bits per heavy atom. The Morgan fingerprint density at radius 3 is 2.53 bits per heavy atom. The van der Waals surface area contributed by atoms with Crippen molar-refractivity contribution in [3.8, 4) is 0 Å². The van der Waals surface area contributed by atoms with Crippen LogP contribution in [0.1, 0.15) is 34.5 Å². The molecule has 0 bridgehead atoms. The van der Waals surface area contributed by atoms with E-state index in [0.717, 1.165) is 12.0 Å². The van der Waals surface area contributed by atoms with Crippen LogP contribution in [0.25, 0.3) is 0 Å². The Balaban J connectivity index is 2.32. The average Bonchev–Trinajstić information content (AvgIpc) is 2.77. The molecule has 88 valence electrons. The number of hydrogen-bond acceptors (Lipinski definition) is 2. The zero-order valence-electron chi connectivity index (χ0n) is 9.52. The lowest BCUT2D eigenvalue weighted by atomic mass is 9.91. The predicted octanol–water partition coefficient (Wildman–Crippen LogP) is 4.78. The number of ketones is 1. The molecule has 1 heterocycles. The molecule has 0 spiro atoms. The summed E-state index contributed by atoms with van der Waals surface area (Å²) in [4.78, 5) is 13.1. The number of halogens is 1. The first-order valence-corrected chi connectivity index (χ1v) is 6.82. The summed E-state index contributed by atoms with van der Waals surface area (Å²) in [5.74, 6) is 0.0334. The van der Waals surface area contributed by atoms with E-state index < -0.39 is 0 Å². The number of hydrogen-bond donors (Lipinski definition) is 0. The van der Waals surface area contributed by atoms with Crippen LogP contribution >= 0.6 is 22.9 Å². The highest BCUT2D eigenvalue weighted by Gasteiger charge is 2.22. The van der Waals surface area contributed by atoms with Gasteiger partial charge in [-0.2, -0.15) is 0 Å². The van der Waals surface area contributed by atoms with E-state index >= 15 is 0 Å². The van der Waals surface area contributed by atoms with Gasteiger partial charge in [0.1, 0.15) is 0 Å². The fourth-order valence-corrected chi connectivity index (χ4v) is 3.03. The van der Waals surface area contributed by atoms with Gasteiger partial charge in [-0.15, -0.1) is 11.3 Å². The van der Waals surface area contributed by atoms with E-state index in [2.05, 4.69) is 0 Å². The number of thiophene rings is 1. The lowest BCUT2D eigenvalue weighted by molar-refractivity contribution is 0.0961. The Bertz CT molecular complexity index is 504. The van der Waals surface area contributed by atoms with Crippen molar-refractivity contribution in [3.63, 3.8) is 0 Å². The largest absolute Gasteiger partial charge is 0.293 e. The second-order valence-electron chi connectivity index (χ2n) is 3.83. The third-order valence-corrected chi connectivity index (χ3v) is 4.12. The molecule has 1 aromatic heterocycles. The summed E-state index contributed by atoms with van der Waals surface area (Å²) in [5.41, 5.74) is 1.06. The van der Waals surface area contributed by atoms with Crippen LogP contribution in [0.3, 0.4) is 0 Å². The molecule has 0 aliphatic carbocycles. The number of Topliss-reactive ketones (excluding diaryl/α,β-unsaturated/α-hetero) is 1. The van der Waals surface area contributed by atoms with Gasteiger partial charge in [-0.1, -0.05) is 48.9 Å². The second-order valence-corrected chi connectivity index (χ2v) is 5.16. The zero-order chi connectivity index (χ0) is 12.3. The summed E-state index contributed by atoms with van der Waals surface area (Å²) >= 11 is 7.43. The third-order valence-electron chi connectivity index (χ3n) is 2.77. The Labute approximate surface area is 110 Å². The van der Waals surface area contributed by atoms with Gasteiger partial charge < -0.3 is 0 Å². The molecule has 0 saturated heterocycles. The van der Waals surface area contributed by atoms with Gasteiger partial charge in [0.25, 0.3) is 0 Å². The minimum Gasteiger partial charge on any atom is -0.293 e. The molecule has 0 saturated carbocycles. The molecule has 1 nitrogen and oxygen atoms in total. The van der Waals surface area contributed by atoms with E-state index in [1.807, 2.05) is 42.6 Å². The third kappa shape index (κ3) is 2.59. The SMILES string of the molecule is CCC(C(=O)c1sccc1Cl)c1ccccc1. The summed E-state index contributed by atoms with van der Waals surface area (Å²) in [6, 6.07) is 11.6. The molecule has 1 atom stereocenters. The molecular weight excluding hydrogens is 252 g/mol. The zero-order valence-corrected chi connectivity index (χ0v) is 11.1. The average molecular weight is 265 g/mol. The van der Waals surface area contributed by atoms with Crippen molar-refractivity contribution in [2.24, 2.45) is 0 Å². The summed E-state index contributed by atoms with van der Waals surface area (Å²) < 4.78 is 0. The van der Waals surface area contributed by atoms with Crippen molar-refractivity contribution in [1.82, 2.24) is 0 Å². The van der Waals surface area contributed by atoms with E-state index in [-0.39, 0.29) is 11.7 Å². The van der Waals surface area contributed by atoms with Crippen molar-refractivity contribution in [2.75, 3.05) is 0 Å². The summed E-state index contributed by atoms with van der Waals surface area (Å²) in [5, 5.41) is 2.42. The number of carbonyl (C=O) groups excluding carboxylic acids is 1. The van der Waals surface area contributed by atoms with Gasteiger partial charge in [0, 0.05) is 5.92 Å². The van der Waals surface area contributed by atoms with Crippen LogP contribution in [0.2, 0.25) is 5.02 Å². The van der Waals surface area contributed by atoms with Crippen LogP contribution in [-0.2, 0) is 0 Å². The maximum atomic E-state index is 12.4. The van der Waals surface area contributed by atoms with Gasteiger partial charge in [0.2, 0.25) is 0 Å². The summed E-state index contributed by atoms with van der Waals surface area (Å²) in [7, 11) is 0. The highest BCUT2D eigenvalue weighted by Crippen LogP contribution is 2.30. The number of rotatable bonds is 4. The fourth-order valence-electron chi connectivity index (χ4n) is 1.89. The normalized spacial score (nSPS) is 12.4. The van der Waals surface area contributed by atoms with Gasteiger partial charge in [-0.3, -0.25) is 4.79 Å². The molecule has 2 rings (SSSR count). The van der Waals surface area contributed by atoms with Crippen LogP contribution < -0.4 is 0 Å². The molecule has 0 N–H and O–H groups in total. The quantitative estimate of drug-likeness (QED) is 0.727.